The van der Waals surface area contributed by atoms with E-state index in [0.29, 0.717) is 17.7 Å². The summed E-state index contributed by atoms with van der Waals surface area (Å²) in [7, 11) is 2.96. The SMILES string of the molecule is COC(=O)C1=C(C)NC2=CC(C)(C)CC(=O)C2C1c1cccc(OC)c1. The second-order valence-electron chi connectivity index (χ2n) is 7.62. The van der Waals surface area contributed by atoms with Gasteiger partial charge in [-0.2, -0.15) is 0 Å². The van der Waals surface area contributed by atoms with Crippen LogP contribution in [0.4, 0.5) is 0 Å². The highest BCUT2D eigenvalue weighted by Gasteiger charge is 2.46. The summed E-state index contributed by atoms with van der Waals surface area (Å²) in [4.78, 5) is 25.6. The molecular weight excluding hydrogens is 330 g/mol. The summed E-state index contributed by atoms with van der Waals surface area (Å²) in [6.45, 7) is 5.94. The lowest BCUT2D eigenvalue weighted by atomic mass is 9.66. The van der Waals surface area contributed by atoms with E-state index < -0.39 is 17.8 Å². The predicted molar refractivity (Wildman–Crippen MR) is 98.6 cm³/mol. The zero-order valence-electron chi connectivity index (χ0n) is 15.9. The number of carbonyl (C=O) groups excluding carboxylic acids is 2. The topological polar surface area (TPSA) is 64.6 Å². The number of nitrogens with one attached hydrogen (secondary N) is 1. The number of Topliss-reactive ketones (excluding diaryl/α,β-unsaturated/α-hetero) is 1. The van der Waals surface area contributed by atoms with Crippen molar-refractivity contribution in [1.29, 1.82) is 0 Å². The smallest absolute Gasteiger partial charge is 0.336 e. The first-order chi connectivity index (χ1) is 12.3. The van der Waals surface area contributed by atoms with Crippen molar-refractivity contribution in [3.05, 3.63) is 52.9 Å². The molecule has 0 fully saturated rings. The molecule has 26 heavy (non-hydrogen) atoms. The van der Waals surface area contributed by atoms with Crippen molar-refractivity contribution in [3.8, 4) is 5.75 Å². The Morgan fingerprint density at radius 2 is 1.96 bits per heavy atom. The summed E-state index contributed by atoms with van der Waals surface area (Å²) < 4.78 is 10.4. The molecular formula is C21H25NO4. The first-order valence-corrected chi connectivity index (χ1v) is 8.73. The van der Waals surface area contributed by atoms with Crippen LogP contribution in [0.25, 0.3) is 0 Å². The van der Waals surface area contributed by atoms with Gasteiger partial charge >= 0.3 is 5.97 Å². The zero-order chi connectivity index (χ0) is 19.1. The fraction of sp³-hybridized carbons (Fsp3) is 0.429. The molecule has 138 valence electrons. The lowest BCUT2D eigenvalue weighted by molar-refractivity contribution is -0.136. The normalized spacial score (nSPS) is 24.3. The van der Waals surface area contributed by atoms with Crippen LogP contribution in [0.1, 0.15) is 38.7 Å². The fourth-order valence-electron chi connectivity index (χ4n) is 4.04. The molecule has 1 aliphatic heterocycles. The number of rotatable bonds is 3. The number of esters is 1. The predicted octanol–water partition coefficient (Wildman–Crippen LogP) is 3.33. The molecule has 0 spiro atoms. The van der Waals surface area contributed by atoms with E-state index >= 15 is 0 Å². The van der Waals surface area contributed by atoms with Crippen molar-refractivity contribution >= 4 is 11.8 Å². The average Bonchev–Trinajstić information content (AvgIpc) is 2.58. The van der Waals surface area contributed by atoms with E-state index in [4.69, 9.17) is 9.47 Å². The Hall–Kier alpha value is -2.56. The van der Waals surface area contributed by atoms with Gasteiger partial charge in [-0.25, -0.2) is 4.79 Å². The minimum absolute atomic E-state index is 0.127. The van der Waals surface area contributed by atoms with Crippen LogP contribution in [0.3, 0.4) is 0 Å². The summed E-state index contributed by atoms with van der Waals surface area (Å²) in [5.41, 5.74) is 2.74. The third kappa shape index (κ3) is 3.14. The molecule has 2 aliphatic rings. The quantitative estimate of drug-likeness (QED) is 0.843. The van der Waals surface area contributed by atoms with E-state index in [1.54, 1.807) is 7.11 Å². The highest BCUT2D eigenvalue weighted by atomic mass is 16.5. The molecule has 1 aromatic rings. The Morgan fingerprint density at radius 1 is 1.23 bits per heavy atom. The van der Waals surface area contributed by atoms with Gasteiger partial charge in [0.25, 0.3) is 0 Å². The van der Waals surface area contributed by atoms with Crippen molar-refractivity contribution in [2.45, 2.75) is 33.1 Å². The van der Waals surface area contributed by atoms with Gasteiger partial charge in [0, 0.05) is 23.7 Å². The minimum atomic E-state index is -0.423. The van der Waals surface area contributed by atoms with Gasteiger partial charge in [-0.15, -0.1) is 0 Å². The van der Waals surface area contributed by atoms with E-state index in [9.17, 15) is 9.59 Å². The summed E-state index contributed by atoms with van der Waals surface area (Å²) in [5, 5.41) is 3.29. The summed E-state index contributed by atoms with van der Waals surface area (Å²) >= 11 is 0. The van der Waals surface area contributed by atoms with Crippen molar-refractivity contribution in [2.24, 2.45) is 11.3 Å². The molecule has 0 aromatic heterocycles. The molecule has 0 bridgehead atoms. The Morgan fingerprint density at radius 3 is 2.62 bits per heavy atom. The molecule has 2 atom stereocenters. The van der Waals surface area contributed by atoms with E-state index in [2.05, 4.69) is 11.4 Å². The maximum atomic E-state index is 13.1. The van der Waals surface area contributed by atoms with Crippen LogP contribution in [0.2, 0.25) is 0 Å². The number of hydrogen-bond acceptors (Lipinski definition) is 5. The van der Waals surface area contributed by atoms with Crippen LogP contribution in [-0.2, 0) is 14.3 Å². The molecule has 1 aromatic carbocycles. The average molecular weight is 355 g/mol. The van der Waals surface area contributed by atoms with Gasteiger partial charge in [0.05, 0.1) is 25.7 Å². The van der Waals surface area contributed by atoms with Crippen LogP contribution in [0.5, 0.6) is 5.75 Å². The lowest BCUT2D eigenvalue weighted by Crippen LogP contribution is -2.43. The largest absolute Gasteiger partial charge is 0.497 e. The number of carbonyl (C=O) groups is 2. The third-order valence-corrected chi connectivity index (χ3v) is 5.10. The molecule has 1 heterocycles. The number of allylic oxidation sites excluding steroid dienone is 3. The number of hydrogen-bond donors (Lipinski definition) is 1. The fourth-order valence-corrected chi connectivity index (χ4v) is 4.04. The van der Waals surface area contributed by atoms with Crippen molar-refractivity contribution in [1.82, 2.24) is 5.32 Å². The molecule has 0 saturated carbocycles. The molecule has 1 aliphatic carbocycles. The lowest BCUT2D eigenvalue weighted by Gasteiger charge is -2.41. The minimum Gasteiger partial charge on any atom is -0.497 e. The summed E-state index contributed by atoms with van der Waals surface area (Å²) in [5.74, 6) is -0.417. The van der Waals surface area contributed by atoms with Crippen molar-refractivity contribution < 1.29 is 19.1 Å². The van der Waals surface area contributed by atoms with Crippen molar-refractivity contribution in [2.75, 3.05) is 14.2 Å². The van der Waals surface area contributed by atoms with Gasteiger partial charge in [0.2, 0.25) is 0 Å². The van der Waals surface area contributed by atoms with E-state index in [1.807, 2.05) is 45.0 Å². The third-order valence-electron chi connectivity index (χ3n) is 5.10. The molecule has 1 N–H and O–H groups in total. The van der Waals surface area contributed by atoms with Gasteiger partial charge in [-0.05, 0) is 30.0 Å². The molecule has 0 saturated heterocycles. The van der Waals surface area contributed by atoms with E-state index in [-0.39, 0.29) is 11.2 Å². The van der Waals surface area contributed by atoms with Crippen LogP contribution in [0, 0.1) is 11.3 Å². The Balaban J connectivity index is 2.22. The number of methoxy groups -OCH3 is 2. The van der Waals surface area contributed by atoms with E-state index in [0.717, 1.165) is 17.0 Å². The first-order valence-electron chi connectivity index (χ1n) is 8.73. The zero-order valence-corrected chi connectivity index (χ0v) is 15.9. The van der Waals surface area contributed by atoms with Crippen LogP contribution < -0.4 is 10.1 Å². The molecule has 5 nitrogen and oxygen atoms in total. The van der Waals surface area contributed by atoms with Gasteiger partial charge in [-0.1, -0.05) is 32.1 Å². The summed E-state index contributed by atoms with van der Waals surface area (Å²) in [6, 6.07) is 7.54. The van der Waals surface area contributed by atoms with E-state index in [1.165, 1.54) is 7.11 Å². The maximum Gasteiger partial charge on any atom is 0.336 e. The van der Waals surface area contributed by atoms with Crippen molar-refractivity contribution in [3.63, 3.8) is 0 Å². The number of ether oxygens (including phenoxy) is 2. The van der Waals surface area contributed by atoms with Gasteiger partial charge in [-0.3, -0.25) is 4.79 Å². The molecule has 0 radical (unpaired) electrons. The standard InChI is InChI=1S/C21H25NO4/c1-12-17(20(24)26-5)18(13-7-6-8-14(9-13)25-4)19-15(22-12)10-21(2,3)11-16(19)23/h6-10,18-19,22H,11H2,1-5H3. The van der Waals surface area contributed by atoms with Crippen LogP contribution >= 0.6 is 0 Å². The van der Waals surface area contributed by atoms with Gasteiger partial charge in [0.15, 0.2) is 0 Å². The van der Waals surface area contributed by atoms with Crippen LogP contribution in [0.15, 0.2) is 47.3 Å². The maximum absolute atomic E-state index is 13.1. The Kier molecular flexibility index (Phi) is 4.65. The molecule has 5 heteroatoms. The molecule has 3 rings (SSSR count). The second-order valence-corrected chi connectivity index (χ2v) is 7.62. The van der Waals surface area contributed by atoms with Gasteiger partial charge < -0.3 is 14.8 Å². The monoisotopic (exact) mass is 355 g/mol. The number of ketones is 1. The second kappa shape index (κ2) is 6.63. The molecule has 2 unspecified atom stereocenters. The number of benzene rings is 1. The Labute approximate surface area is 154 Å². The van der Waals surface area contributed by atoms with Crippen LogP contribution in [-0.4, -0.2) is 26.0 Å². The first kappa shape index (κ1) is 18.2. The highest BCUT2D eigenvalue weighted by Crippen LogP contribution is 2.47. The molecule has 0 amide bonds. The Bertz CT molecular complexity index is 819. The van der Waals surface area contributed by atoms with Gasteiger partial charge in [0.1, 0.15) is 11.5 Å². The highest BCUT2D eigenvalue weighted by molar-refractivity contribution is 5.96. The number of fused-ring (bicyclic) bond motifs is 1. The summed E-state index contributed by atoms with van der Waals surface area (Å²) in [6.07, 6.45) is 2.56.